The molecule has 4 nitrogen and oxygen atoms in total. The number of aromatic nitrogens is 2. The van der Waals surface area contributed by atoms with E-state index in [4.69, 9.17) is 0 Å². The molecule has 0 aliphatic carbocycles. The largest absolute Gasteiger partial charge is 0.352 e. The molecule has 2 rings (SSSR count). The highest BCUT2D eigenvalue weighted by Gasteiger charge is 2.27. The summed E-state index contributed by atoms with van der Waals surface area (Å²) in [6.07, 6.45) is 1.83. The van der Waals surface area contributed by atoms with E-state index in [-0.39, 0.29) is 5.54 Å². The molecule has 1 aliphatic rings. The van der Waals surface area contributed by atoms with E-state index in [0.29, 0.717) is 0 Å². The van der Waals surface area contributed by atoms with E-state index in [0.717, 1.165) is 36.8 Å². The quantitative estimate of drug-likeness (QED) is 0.774. The van der Waals surface area contributed by atoms with Crippen LogP contribution in [0.4, 0.5) is 5.82 Å². The van der Waals surface area contributed by atoms with Crippen LogP contribution in [0.2, 0.25) is 0 Å². The summed E-state index contributed by atoms with van der Waals surface area (Å²) in [5, 5.41) is 3.50. The van der Waals surface area contributed by atoms with Crippen LogP contribution in [0.15, 0.2) is 6.20 Å². The van der Waals surface area contributed by atoms with E-state index >= 15 is 0 Å². The zero-order chi connectivity index (χ0) is 11.8. The fourth-order valence-electron chi connectivity index (χ4n) is 2.15. The van der Waals surface area contributed by atoms with Gasteiger partial charge in [-0.05, 0) is 27.7 Å². The summed E-state index contributed by atoms with van der Waals surface area (Å²) in [6, 6.07) is 0. The van der Waals surface area contributed by atoms with Gasteiger partial charge in [-0.2, -0.15) is 0 Å². The minimum absolute atomic E-state index is 0.149. The molecule has 16 heavy (non-hydrogen) atoms. The molecule has 1 aliphatic heterocycles. The maximum atomic E-state index is 4.60. The first kappa shape index (κ1) is 11.3. The molecule has 1 N–H and O–H groups in total. The third-order valence-corrected chi connectivity index (χ3v) is 2.92. The minimum Gasteiger partial charge on any atom is -0.352 e. The lowest BCUT2D eigenvalue weighted by Crippen LogP contribution is -2.57. The standard InChI is InChI=1S/C12H20N4/c1-9-7-13-10(2)11(15-9)16-6-5-14-12(3,4)8-16/h7,14H,5-6,8H2,1-4H3. The molecular weight excluding hydrogens is 200 g/mol. The first-order valence-electron chi connectivity index (χ1n) is 5.78. The lowest BCUT2D eigenvalue weighted by Gasteiger charge is -2.40. The van der Waals surface area contributed by atoms with E-state index in [1.54, 1.807) is 0 Å². The molecule has 0 atom stereocenters. The maximum absolute atomic E-state index is 4.60. The van der Waals surface area contributed by atoms with E-state index in [9.17, 15) is 0 Å². The summed E-state index contributed by atoms with van der Waals surface area (Å²) < 4.78 is 0. The van der Waals surface area contributed by atoms with Crippen molar-refractivity contribution in [3.05, 3.63) is 17.6 Å². The second-order valence-electron chi connectivity index (χ2n) is 5.15. The Morgan fingerprint density at radius 1 is 1.38 bits per heavy atom. The summed E-state index contributed by atoms with van der Waals surface area (Å²) in [7, 11) is 0. The molecule has 0 saturated carbocycles. The Hall–Kier alpha value is -1.16. The van der Waals surface area contributed by atoms with E-state index in [2.05, 4.69) is 34.0 Å². The van der Waals surface area contributed by atoms with Crippen LogP contribution in [0.3, 0.4) is 0 Å². The van der Waals surface area contributed by atoms with Gasteiger partial charge in [0.25, 0.3) is 0 Å². The highest BCUT2D eigenvalue weighted by atomic mass is 15.3. The predicted octanol–water partition coefficient (Wildman–Crippen LogP) is 1.28. The number of piperazine rings is 1. The van der Waals surface area contributed by atoms with Crippen LogP contribution in [0, 0.1) is 13.8 Å². The van der Waals surface area contributed by atoms with E-state index in [1.807, 2.05) is 20.0 Å². The van der Waals surface area contributed by atoms with Gasteiger partial charge in [0, 0.05) is 31.4 Å². The van der Waals surface area contributed by atoms with Crippen molar-refractivity contribution in [2.24, 2.45) is 0 Å². The summed E-state index contributed by atoms with van der Waals surface area (Å²) in [5.74, 6) is 1.04. The van der Waals surface area contributed by atoms with Crippen molar-refractivity contribution in [1.82, 2.24) is 15.3 Å². The van der Waals surface area contributed by atoms with Crippen LogP contribution in [0.25, 0.3) is 0 Å². The lowest BCUT2D eigenvalue weighted by atomic mass is 10.0. The number of rotatable bonds is 1. The van der Waals surface area contributed by atoms with Crippen molar-refractivity contribution in [1.29, 1.82) is 0 Å². The Balaban J connectivity index is 2.26. The van der Waals surface area contributed by atoms with Gasteiger partial charge in [-0.3, -0.25) is 4.98 Å². The van der Waals surface area contributed by atoms with E-state index in [1.165, 1.54) is 0 Å². The van der Waals surface area contributed by atoms with Gasteiger partial charge in [-0.25, -0.2) is 4.98 Å². The SMILES string of the molecule is Cc1cnc(C)c(N2CCNC(C)(C)C2)n1. The number of hydrogen-bond acceptors (Lipinski definition) is 4. The molecule has 0 amide bonds. The predicted molar refractivity (Wildman–Crippen MR) is 65.8 cm³/mol. The molecule has 0 radical (unpaired) electrons. The molecule has 4 heteroatoms. The molecule has 1 saturated heterocycles. The molecule has 1 fully saturated rings. The first-order chi connectivity index (χ1) is 7.48. The van der Waals surface area contributed by atoms with Crippen molar-refractivity contribution in [2.75, 3.05) is 24.5 Å². The average Bonchev–Trinajstić information content (AvgIpc) is 2.20. The topological polar surface area (TPSA) is 41.1 Å². The van der Waals surface area contributed by atoms with Crippen LogP contribution in [-0.4, -0.2) is 35.1 Å². The third-order valence-electron chi connectivity index (χ3n) is 2.92. The number of anilines is 1. The van der Waals surface area contributed by atoms with Gasteiger partial charge >= 0.3 is 0 Å². The molecule has 0 bridgehead atoms. The molecular formula is C12H20N4. The second-order valence-corrected chi connectivity index (χ2v) is 5.15. The minimum atomic E-state index is 0.149. The lowest BCUT2D eigenvalue weighted by molar-refractivity contribution is 0.351. The van der Waals surface area contributed by atoms with E-state index < -0.39 is 0 Å². The van der Waals surface area contributed by atoms with Gasteiger partial charge in [0.15, 0.2) is 0 Å². The van der Waals surface area contributed by atoms with Crippen LogP contribution in [-0.2, 0) is 0 Å². The van der Waals surface area contributed by atoms with Crippen molar-refractivity contribution in [3.8, 4) is 0 Å². The van der Waals surface area contributed by atoms with Gasteiger partial charge in [-0.15, -0.1) is 0 Å². The molecule has 1 aromatic rings. The summed E-state index contributed by atoms with van der Waals surface area (Å²) in [6.45, 7) is 11.4. The average molecular weight is 220 g/mol. The summed E-state index contributed by atoms with van der Waals surface area (Å²) >= 11 is 0. The molecule has 0 spiro atoms. The first-order valence-corrected chi connectivity index (χ1v) is 5.78. The normalized spacial score (nSPS) is 19.9. The van der Waals surface area contributed by atoms with Crippen LogP contribution >= 0.6 is 0 Å². The van der Waals surface area contributed by atoms with Gasteiger partial charge in [0.2, 0.25) is 0 Å². The molecule has 88 valence electrons. The monoisotopic (exact) mass is 220 g/mol. The van der Waals surface area contributed by atoms with Crippen LogP contribution < -0.4 is 10.2 Å². The Bertz CT molecular complexity index is 387. The highest BCUT2D eigenvalue weighted by molar-refractivity contribution is 5.44. The molecule has 2 heterocycles. The zero-order valence-corrected chi connectivity index (χ0v) is 10.5. The van der Waals surface area contributed by atoms with Crippen LogP contribution in [0.1, 0.15) is 25.2 Å². The van der Waals surface area contributed by atoms with Gasteiger partial charge < -0.3 is 10.2 Å². The van der Waals surface area contributed by atoms with Crippen LogP contribution in [0.5, 0.6) is 0 Å². The number of hydrogen-bond donors (Lipinski definition) is 1. The van der Waals surface area contributed by atoms with Gasteiger partial charge in [0.05, 0.1) is 11.4 Å². The molecule has 1 aromatic heterocycles. The summed E-state index contributed by atoms with van der Waals surface area (Å²) in [4.78, 5) is 11.3. The smallest absolute Gasteiger partial charge is 0.150 e. The summed E-state index contributed by atoms with van der Waals surface area (Å²) in [5.41, 5.74) is 2.15. The van der Waals surface area contributed by atoms with Gasteiger partial charge in [-0.1, -0.05) is 0 Å². The number of aryl methyl sites for hydroxylation is 2. The molecule has 0 aromatic carbocycles. The second kappa shape index (κ2) is 4.01. The Labute approximate surface area is 97.1 Å². The fraction of sp³-hybridized carbons (Fsp3) is 0.667. The fourth-order valence-corrected chi connectivity index (χ4v) is 2.15. The van der Waals surface area contributed by atoms with Crippen molar-refractivity contribution >= 4 is 5.82 Å². The third kappa shape index (κ3) is 2.32. The maximum Gasteiger partial charge on any atom is 0.150 e. The van der Waals surface area contributed by atoms with Crippen molar-refractivity contribution < 1.29 is 0 Å². The van der Waals surface area contributed by atoms with Crippen molar-refractivity contribution in [3.63, 3.8) is 0 Å². The molecule has 0 unspecified atom stereocenters. The van der Waals surface area contributed by atoms with Gasteiger partial charge in [0.1, 0.15) is 5.82 Å². The van der Waals surface area contributed by atoms with Crippen molar-refractivity contribution in [2.45, 2.75) is 33.2 Å². The Kier molecular flexibility index (Phi) is 2.84. The highest BCUT2D eigenvalue weighted by Crippen LogP contribution is 2.20. The zero-order valence-electron chi connectivity index (χ0n) is 10.5. The number of nitrogens with one attached hydrogen (secondary N) is 1. The Morgan fingerprint density at radius 2 is 2.12 bits per heavy atom. The Morgan fingerprint density at radius 3 is 2.81 bits per heavy atom. The number of nitrogens with zero attached hydrogens (tertiary/aromatic N) is 3.